The lowest BCUT2D eigenvalue weighted by Crippen LogP contribution is -2.60. The van der Waals surface area contributed by atoms with Gasteiger partial charge < -0.3 is 59.4 Å². The number of hydrogen-bond acceptors (Lipinski definition) is 13. The van der Waals surface area contributed by atoms with Gasteiger partial charge in [0.25, 0.3) is 0 Å². The van der Waals surface area contributed by atoms with Crippen LogP contribution in [0.4, 0.5) is 0 Å². The van der Waals surface area contributed by atoms with Gasteiger partial charge in [-0.05, 0) is 18.6 Å². The summed E-state index contributed by atoms with van der Waals surface area (Å²) >= 11 is 0. The van der Waals surface area contributed by atoms with E-state index in [1.54, 1.807) is 6.92 Å². The van der Waals surface area contributed by atoms with E-state index in [0.29, 0.717) is 12.0 Å². The molecule has 9 atom stereocenters. The zero-order valence-electron chi connectivity index (χ0n) is 18.2. The Labute approximate surface area is 193 Å². The van der Waals surface area contributed by atoms with Crippen molar-refractivity contribution in [3.05, 3.63) is 23.3 Å². The third kappa shape index (κ3) is 4.58. The summed E-state index contributed by atoms with van der Waals surface area (Å²) in [6.07, 6.45) is -10.7. The van der Waals surface area contributed by atoms with Crippen molar-refractivity contribution >= 4 is 5.97 Å². The van der Waals surface area contributed by atoms with Crippen molar-refractivity contribution in [1.82, 2.24) is 0 Å². The van der Waals surface area contributed by atoms with E-state index in [4.69, 9.17) is 23.7 Å². The van der Waals surface area contributed by atoms with Gasteiger partial charge in [-0.15, -0.1) is 0 Å². The van der Waals surface area contributed by atoms with Crippen LogP contribution in [0.1, 0.15) is 22.8 Å². The maximum atomic E-state index is 12.0. The summed E-state index contributed by atoms with van der Waals surface area (Å²) in [5.74, 6) is -1.03. The molecule has 190 valence electrons. The number of phenolic OH excluding ortho intramolecular Hbond substituents is 1. The van der Waals surface area contributed by atoms with Crippen LogP contribution in [0.2, 0.25) is 0 Å². The van der Waals surface area contributed by atoms with E-state index in [0.717, 1.165) is 6.07 Å². The normalized spacial score (nSPS) is 40.0. The summed E-state index contributed by atoms with van der Waals surface area (Å²) in [5, 5.41) is 70.4. The number of rotatable bonds is 6. The number of benzene rings is 1. The van der Waals surface area contributed by atoms with Crippen LogP contribution in [0.5, 0.6) is 11.5 Å². The van der Waals surface area contributed by atoms with Gasteiger partial charge in [-0.1, -0.05) is 0 Å². The molecule has 2 saturated heterocycles. The minimum absolute atomic E-state index is 0.00949. The SMILES string of the molecule is C[C@@H]1Cc2cc(O[C@@H]3O[C@H](CO[C@@H]4OC[C@](O)(CO)[C@H]4O)[C@@H](O)[C@H](O)[C@H]3O)cc(O)c2C(=O)O1. The molecular formula is C21H28O13. The largest absolute Gasteiger partial charge is 0.507 e. The second kappa shape index (κ2) is 9.53. The topological polar surface area (TPSA) is 205 Å². The summed E-state index contributed by atoms with van der Waals surface area (Å²) < 4.78 is 26.7. The zero-order valence-corrected chi connectivity index (χ0v) is 18.2. The van der Waals surface area contributed by atoms with Gasteiger partial charge in [0.05, 0.1) is 19.8 Å². The van der Waals surface area contributed by atoms with Crippen LogP contribution in [-0.4, -0.2) is 116 Å². The lowest BCUT2D eigenvalue weighted by Gasteiger charge is -2.40. The summed E-state index contributed by atoms with van der Waals surface area (Å²) in [7, 11) is 0. The van der Waals surface area contributed by atoms with Crippen molar-refractivity contribution in [3.63, 3.8) is 0 Å². The molecule has 13 heteroatoms. The Morgan fingerprint density at radius 3 is 2.53 bits per heavy atom. The predicted octanol–water partition coefficient (Wildman–Crippen LogP) is -2.86. The molecule has 4 rings (SSSR count). The molecule has 0 spiro atoms. The lowest BCUT2D eigenvalue weighted by atomic mass is 9.97. The highest BCUT2D eigenvalue weighted by Crippen LogP contribution is 2.35. The maximum Gasteiger partial charge on any atom is 0.342 e. The van der Waals surface area contributed by atoms with Crippen LogP contribution >= 0.6 is 0 Å². The molecule has 0 saturated carbocycles. The van der Waals surface area contributed by atoms with Crippen molar-refractivity contribution in [3.8, 4) is 11.5 Å². The number of esters is 1. The molecule has 13 nitrogen and oxygen atoms in total. The fourth-order valence-electron chi connectivity index (χ4n) is 4.12. The third-order valence-corrected chi connectivity index (χ3v) is 6.12. The van der Waals surface area contributed by atoms with Crippen LogP contribution in [-0.2, 0) is 25.4 Å². The Morgan fingerprint density at radius 2 is 1.85 bits per heavy atom. The summed E-state index contributed by atoms with van der Waals surface area (Å²) in [4.78, 5) is 12.0. The van der Waals surface area contributed by atoms with Gasteiger partial charge in [0.2, 0.25) is 6.29 Å². The third-order valence-electron chi connectivity index (χ3n) is 6.12. The first kappa shape index (κ1) is 25.0. The summed E-state index contributed by atoms with van der Waals surface area (Å²) in [6, 6.07) is 2.61. The van der Waals surface area contributed by atoms with E-state index in [-0.39, 0.29) is 23.7 Å². The second-order valence-corrected chi connectivity index (χ2v) is 8.75. The molecule has 7 N–H and O–H groups in total. The van der Waals surface area contributed by atoms with E-state index < -0.39 is 74.0 Å². The molecule has 34 heavy (non-hydrogen) atoms. The quantitative estimate of drug-likeness (QED) is 0.202. The fourth-order valence-corrected chi connectivity index (χ4v) is 4.12. The first-order valence-corrected chi connectivity index (χ1v) is 10.7. The summed E-state index contributed by atoms with van der Waals surface area (Å²) in [6.45, 7) is 0.104. The highest BCUT2D eigenvalue weighted by Gasteiger charge is 2.50. The molecule has 1 aromatic rings. The van der Waals surface area contributed by atoms with Gasteiger partial charge in [0.1, 0.15) is 59.3 Å². The summed E-state index contributed by atoms with van der Waals surface area (Å²) in [5.41, 5.74) is -1.43. The number of ether oxygens (including phenoxy) is 5. The Bertz CT molecular complexity index is 909. The van der Waals surface area contributed by atoms with E-state index in [1.165, 1.54) is 6.07 Å². The number of carbonyl (C=O) groups excluding carboxylic acids is 1. The first-order valence-electron chi connectivity index (χ1n) is 10.7. The molecule has 0 unspecified atom stereocenters. The molecule has 1 aromatic carbocycles. The average Bonchev–Trinajstić information content (AvgIpc) is 3.07. The standard InChI is InChI=1S/C21H28O13/c1-8-2-9-3-10(4-11(23)13(9)18(28)32-8)33-19-16(26)15(25)14(24)12(34-19)5-30-20-17(27)21(29,6-22)7-31-20/h3-4,8,12,14-17,19-20,22-27,29H,2,5-7H2,1H3/t8-,12-,14-,15+,16-,17+,19-,20-,21-/m1/s1. The van der Waals surface area contributed by atoms with E-state index in [9.17, 15) is 40.5 Å². The molecule has 0 aliphatic carbocycles. The molecular weight excluding hydrogens is 460 g/mol. The Balaban J connectivity index is 1.45. The Morgan fingerprint density at radius 1 is 1.12 bits per heavy atom. The lowest BCUT2D eigenvalue weighted by molar-refractivity contribution is -0.289. The number of phenols is 1. The van der Waals surface area contributed by atoms with Gasteiger partial charge in [-0.25, -0.2) is 4.79 Å². The molecule has 3 aliphatic rings. The van der Waals surface area contributed by atoms with Crippen LogP contribution in [0.3, 0.4) is 0 Å². The number of hydrogen-bond donors (Lipinski definition) is 7. The number of aromatic hydroxyl groups is 1. The van der Waals surface area contributed by atoms with Crippen molar-refractivity contribution in [2.75, 3.05) is 19.8 Å². The van der Waals surface area contributed by atoms with Gasteiger partial charge in [-0.3, -0.25) is 0 Å². The van der Waals surface area contributed by atoms with Crippen LogP contribution in [0.15, 0.2) is 12.1 Å². The van der Waals surface area contributed by atoms with Crippen LogP contribution < -0.4 is 4.74 Å². The second-order valence-electron chi connectivity index (χ2n) is 8.75. The number of aliphatic hydroxyl groups is 6. The van der Waals surface area contributed by atoms with Crippen molar-refractivity contribution in [2.24, 2.45) is 0 Å². The van der Waals surface area contributed by atoms with Crippen molar-refractivity contribution < 1.29 is 64.2 Å². The van der Waals surface area contributed by atoms with E-state index in [2.05, 4.69) is 0 Å². The molecule has 0 radical (unpaired) electrons. The van der Waals surface area contributed by atoms with Crippen molar-refractivity contribution in [1.29, 1.82) is 0 Å². The minimum atomic E-state index is -1.91. The highest BCUT2D eigenvalue weighted by molar-refractivity contribution is 5.95. The zero-order chi connectivity index (χ0) is 24.8. The smallest absolute Gasteiger partial charge is 0.342 e. The van der Waals surface area contributed by atoms with E-state index >= 15 is 0 Å². The van der Waals surface area contributed by atoms with Crippen LogP contribution in [0, 0.1) is 0 Å². The van der Waals surface area contributed by atoms with Gasteiger partial charge in [0.15, 0.2) is 6.29 Å². The molecule has 0 bridgehead atoms. The minimum Gasteiger partial charge on any atom is -0.507 e. The molecule has 3 heterocycles. The van der Waals surface area contributed by atoms with Gasteiger partial charge >= 0.3 is 5.97 Å². The van der Waals surface area contributed by atoms with Crippen LogP contribution in [0.25, 0.3) is 0 Å². The molecule has 0 amide bonds. The number of aliphatic hydroxyl groups excluding tert-OH is 5. The van der Waals surface area contributed by atoms with Gasteiger partial charge in [0, 0.05) is 12.5 Å². The van der Waals surface area contributed by atoms with Crippen molar-refractivity contribution in [2.45, 2.75) is 68.1 Å². The fraction of sp³-hybridized carbons (Fsp3) is 0.667. The molecule has 2 fully saturated rings. The Hall–Kier alpha value is -2.07. The Kier molecular flexibility index (Phi) is 7.01. The maximum absolute atomic E-state index is 12.0. The monoisotopic (exact) mass is 488 g/mol. The predicted molar refractivity (Wildman–Crippen MR) is 108 cm³/mol. The first-order chi connectivity index (χ1) is 16.0. The number of carbonyl (C=O) groups is 1. The number of fused-ring (bicyclic) bond motifs is 1. The molecule has 3 aliphatic heterocycles. The average molecular weight is 488 g/mol. The van der Waals surface area contributed by atoms with Gasteiger partial charge in [-0.2, -0.15) is 0 Å². The highest BCUT2D eigenvalue weighted by atomic mass is 16.7. The van der Waals surface area contributed by atoms with E-state index in [1.807, 2.05) is 0 Å². The number of cyclic esters (lactones) is 1. The molecule has 0 aromatic heterocycles.